The van der Waals surface area contributed by atoms with Gasteiger partial charge in [0.25, 0.3) is 0 Å². The summed E-state index contributed by atoms with van der Waals surface area (Å²) >= 11 is 8.12. The molecule has 3 aromatic heterocycles. The summed E-state index contributed by atoms with van der Waals surface area (Å²) in [6.07, 6.45) is 2.34. The first-order valence-electron chi connectivity index (χ1n) is 11.2. The van der Waals surface area contributed by atoms with E-state index in [1.807, 2.05) is 24.0 Å². The maximum absolute atomic E-state index is 16.4. The SMILES string of the molecule is Cc1ccc2[nH]ncc2c1-c1c(Cl)cc2c(N3CCN(C(=O)O)CC3)nc(-c3cncs3)nc2c1F. The molecule has 36 heavy (non-hydrogen) atoms. The number of nitrogens with one attached hydrogen (secondary N) is 1. The average molecular weight is 524 g/mol. The number of nitrogens with zero attached hydrogens (tertiary/aromatic N) is 6. The molecule has 12 heteroatoms. The molecule has 0 radical (unpaired) electrons. The Balaban J connectivity index is 1.59. The van der Waals surface area contributed by atoms with E-state index >= 15 is 4.39 Å². The third-order valence-electron chi connectivity index (χ3n) is 6.45. The number of aryl methyl sites for hydroxylation is 1. The lowest BCUT2D eigenvalue weighted by molar-refractivity contribution is 0.142. The van der Waals surface area contributed by atoms with Crippen molar-refractivity contribution in [2.24, 2.45) is 0 Å². The molecule has 1 fully saturated rings. The molecule has 5 aromatic rings. The van der Waals surface area contributed by atoms with Crippen molar-refractivity contribution in [3.63, 3.8) is 0 Å². The fraction of sp³-hybridized carbons (Fsp3) is 0.208. The van der Waals surface area contributed by atoms with E-state index in [1.54, 1.807) is 24.0 Å². The molecule has 1 aliphatic rings. The summed E-state index contributed by atoms with van der Waals surface area (Å²) in [6.45, 7) is 3.35. The summed E-state index contributed by atoms with van der Waals surface area (Å²) in [5, 5.41) is 17.8. The molecule has 1 amide bonds. The van der Waals surface area contributed by atoms with Crippen molar-refractivity contribution in [1.29, 1.82) is 0 Å². The van der Waals surface area contributed by atoms with Gasteiger partial charge in [-0.3, -0.25) is 10.1 Å². The quantitative estimate of drug-likeness (QED) is 0.334. The Morgan fingerprint density at radius 2 is 1.94 bits per heavy atom. The van der Waals surface area contributed by atoms with Crippen LogP contribution in [0.15, 0.2) is 36.1 Å². The van der Waals surface area contributed by atoms with Crippen molar-refractivity contribution in [2.45, 2.75) is 6.92 Å². The zero-order chi connectivity index (χ0) is 25.0. The van der Waals surface area contributed by atoms with E-state index in [1.165, 1.54) is 16.2 Å². The van der Waals surface area contributed by atoms with Gasteiger partial charge in [-0.1, -0.05) is 17.7 Å². The van der Waals surface area contributed by atoms with E-state index < -0.39 is 11.9 Å². The number of halogens is 2. The predicted molar refractivity (Wildman–Crippen MR) is 137 cm³/mol. The van der Waals surface area contributed by atoms with Gasteiger partial charge >= 0.3 is 6.09 Å². The zero-order valence-electron chi connectivity index (χ0n) is 19.0. The second-order valence-corrected chi connectivity index (χ2v) is 9.82. The van der Waals surface area contributed by atoms with Gasteiger partial charge in [0.1, 0.15) is 11.3 Å². The highest BCUT2D eigenvalue weighted by Crippen LogP contribution is 2.42. The number of H-pyrrole nitrogens is 1. The first kappa shape index (κ1) is 22.6. The van der Waals surface area contributed by atoms with E-state index in [0.717, 1.165) is 16.5 Å². The Kier molecular flexibility index (Phi) is 5.45. The normalized spacial score (nSPS) is 14.2. The van der Waals surface area contributed by atoms with Gasteiger partial charge in [0.15, 0.2) is 11.6 Å². The highest BCUT2D eigenvalue weighted by molar-refractivity contribution is 7.13. The molecule has 0 bridgehead atoms. The maximum Gasteiger partial charge on any atom is 0.407 e. The van der Waals surface area contributed by atoms with Crippen LogP contribution in [0.2, 0.25) is 5.02 Å². The first-order chi connectivity index (χ1) is 17.4. The van der Waals surface area contributed by atoms with Crippen molar-refractivity contribution in [1.82, 2.24) is 30.0 Å². The molecule has 0 aliphatic carbocycles. The van der Waals surface area contributed by atoms with E-state index in [0.29, 0.717) is 53.6 Å². The van der Waals surface area contributed by atoms with Gasteiger partial charge in [-0.15, -0.1) is 11.3 Å². The van der Waals surface area contributed by atoms with E-state index in [9.17, 15) is 9.90 Å². The van der Waals surface area contributed by atoms with Gasteiger partial charge in [0.2, 0.25) is 0 Å². The van der Waals surface area contributed by atoms with Gasteiger partial charge < -0.3 is 14.9 Å². The van der Waals surface area contributed by atoms with Crippen LogP contribution in [0.3, 0.4) is 0 Å². The van der Waals surface area contributed by atoms with Crippen molar-refractivity contribution < 1.29 is 14.3 Å². The third-order valence-corrected chi connectivity index (χ3v) is 7.51. The standard InChI is InChI=1S/C24H19ClFN7O2S/c1-12-2-3-16-14(9-28-31-16)18(12)19-15(25)8-13-21(20(19)26)29-22(17-10-27-11-36-17)30-23(13)32-4-6-33(7-5-32)24(34)35/h2-3,8-11H,4-7H2,1H3,(H,28,31)(H,34,35). The van der Waals surface area contributed by atoms with E-state index in [2.05, 4.69) is 20.2 Å². The lowest BCUT2D eigenvalue weighted by Gasteiger charge is -2.34. The zero-order valence-corrected chi connectivity index (χ0v) is 20.6. The molecule has 4 heterocycles. The fourth-order valence-corrected chi connectivity index (χ4v) is 5.49. The van der Waals surface area contributed by atoms with Gasteiger partial charge in [-0.2, -0.15) is 5.10 Å². The molecule has 0 spiro atoms. The topological polar surface area (TPSA) is 111 Å². The number of anilines is 1. The van der Waals surface area contributed by atoms with Crippen LogP contribution < -0.4 is 4.90 Å². The molecule has 0 unspecified atom stereocenters. The first-order valence-corrected chi connectivity index (χ1v) is 12.4. The Morgan fingerprint density at radius 3 is 2.67 bits per heavy atom. The number of piperazine rings is 1. The number of amides is 1. The molecule has 9 nitrogen and oxygen atoms in total. The molecule has 1 saturated heterocycles. The van der Waals surface area contributed by atoms with Crippen molar-refractivity contribution in [2.75, 3.05) is 31.1 Å². The second-order valence-electron chi connectivity index (χ2n) is 8.53. The van der Waals surface area contributed by atoms with Crippen molar-refractivity contribution in [3.8, 4) is 21.8 Å². The Morgan fingerprint density at radius 1 is 1.14 bits per heavy atom. The van der Waals surface area contributed by atoms with Crippen LogP contribution in [0.4, 0.5) is 15.0 Å². The monoisotopic (exact) mass is 523 g/mol. The lowest BCUT2D eigenvalue weighted by atomic mass is 9.95. The van der Waals surface area contributed by atoms with E-state index in [-0.39, 0.29) is 16.1 Å². The summed E-state index contributed by atoms with van der Waals surface area (Å²) in [6, 6.07) is 5.49. The van der Waals surface area contributed by atoms with Crippen LogP contribution in [-0.4, -0.2) is 67.4 Å². The Labute approximate surface area is 213 Å². The Bertz CT molecular complexity index is 1630. The molecule has 2 aromatic carbocycles. The molecule has 1 aliphatic heterocycles. The third kappa shape index (κ3) is 3.62. The minimum absolute atomic E-state index is 0.142. The van der Waals surface area contributed by atoms with Crippen molar-refractivity contribution in [3.05, 3.63) is 52.5 Å². The summed E-state index contributed by atoms with van der Waals surface area (Å²) in [7, 11) is 0. The summed E-state index contributed by atoms with van der Waals surface area (Å²) in [5.41, 5.74) is 4.34. The number of aromatic amines is 1. The van der Waals surface area contributed by atoms with Gasteiger partial charge in [0.05, 0.1) is 27.1 Å². The Hall–Kier alpha value is -3.83. The second kappa shape index (κ2) is 8.68. The number of carbonyl (C=O) groups is 1. The number of thiazole rings is 1. The van der Waals surface area contributed by atoms with Gasteiger partial charge in [-0.25, -0.2) is 19.2 Å². The predicted octanol–water partition coefficient (Wildman–Crippen LogP) is 5.20. The summed E-state index contributed by atoms with van der Waals surface area (Å²) in [5.74, 6) is 0.318. The largest absolute Gasteiger partial charge is 0.465 e. The number of carboxylic acid groups (broad SMARTS) is 1. The number of hydrogen-bond acceptors (Lipinski definition) is 7. The van der Waals surface area contributed by atoms with Crippen LogP contribution in [0.25, 0.3) is 43.6 Å². The molecule has 6 rings (SSSR count). The summed E-state index contributed by atoms with van der Waals surface area (Å²) in [4.78, 5) is 28.9. The molecule has 182 valence electrons. The van der Waals surface area contributed by atoms with Crippen molar-refractivity contribution >= 4 is 56.7 Å². The fourth-order valence-electron chi connectivity index (χ4n) is 4.65. The summed E-state index contributed by atoms with van der Waals surface area (Å²) < 4.78 is 16.4. The van der Waals surface area contributed by atoms with Crippen LogP contribution >= 0.6 is 22.9 Å². The van der Waals surface area contributed by atoms with Crippen LogP contribution in [0.1, 0.15) is 5.56 Å². The average Bonchev–Trinajstić information content (AvgIpc) is 3.57. The highest BCUT2D eigenvalue weighted by atomic mass is 35.5. The van der Waals surface area contributed by atoms with Crippen LogP contribution in [0.5, 0.6) is 0 Å². The smallest absolute Gasteiger partial charge is 0.407 e. The molecule has 2 N–H and O–H groups in total. The number of benzene rings is 2. The van der Waals surface area contributed by atoms with Crippen LogP contribution in [-0.2, 0) is 0 Å². The number of fused-ring (bicyclic) bond motifs is 2. The number of aromatic nitrogens is 5. The molecule has 0 saturated carbocycles. The minimum atomic E-state index is -0.963. The lowest BCUT2D eigenvalue weighted by Crippen LogP contribution is -2.48. The minimum Gasteiger partial charge on any atom is -0.465 e. The molecular weight excluding hydrogens is 505 g/mol. The van der Waals surface area contributed by atoms with Gasteiger partial charge in [-0.05, 0) is 24.6 Å². The molecular formula is C24H19ClFN7O2S. The molecule has 0 atom stereocenters. The van der Waals surface area contributed by atoms with Gasteiger partial charge in [0, 0.05) is 54.3 Å². The number of rotatable bonds is 3. The van der Waals surface area contributed by atoms with E-state index in [4.69, 9.17) is 16.6 Å². The van der Waals surface area contributed by atoms with Crippen LogP contribution in [0, 0.1) is 12.7 Å². The maximum atomic E-state index is 16.4. The number of hydrogen-bond donors (Lipinski definition) is 2. The highest BCUT2D eigenvalue weighted by Gasteiger charge is 2.27.